The van der Waals surface area contributed by atoms with Crippen LogP contribution in [0.1, 0.15) is 52.5 Å². The number of carbonyl (C=O) groups excluding carboxylic acids is 2. The van der Waals surface area contributed by atoms with Crippen LogP contribution in [0, 0.1) is 0 Å². The first-order chi connectivity index (χ1) is 15.1. The van der Waals surface area contributed by atoms with Crippen molar-refractivity contribution in [3.05, 3.63) is 53.1 Å². The molecule has 2 aliphatic heterocycles. The van der Waals surface area contributed by atoms with Crippen LogP contribution in [0.5, 0.6) is 11.5 Å². The number of hydrogen-bond acceptors (Lipinski definition) is 5. The molecule has 1 fully saturated rings. The van der Waals surface area contributed by atoms with Crippen LogP contribution >= 0.6 is 0 Å². The number of methoxy groups -OCH3 is 2. The van der Waals surface area contributed by atoms with Gasteiger partial charge < -0.3 is 24.6 Å². The molecule has 1 N–H and O–H groups in total. The van der Waals surface area contributed by atoms with Crippen molar-refractivity contribution in [3.8, 4) is 11.5 Å². The van der Waals surface area contributed by atoms with E-state index in [4.69, 9.17) is 9.47 Å². The molecule has 2 aromatic carbocycles. The van der Waals surface area contributed by atoms with E-state index in [-0.39, 0.29) is 18.0 Å². The summed E-state index contributed by atoms with van der Waals surface area (Å²) in [5, 5.41) is 2.96. The Balaban J connectivity index is 1.56. The lowest BCUT2D eigenvalue weighted by Crippen LogP contribution is -2.57. The summed E-state index contributed by atoms with van der Waals surface area (Å²) in [4.78, 5) is 30.2. The van der Waals surface area contributed by atoms with Crippen LogP contribution in [0.4, 0.5) is 5.69 Å². The van der Waals surface area contributed by atoms with E-state index in [1.165, 1.54) is 0 Å². The van der Waals surface area contributed by atoms with Gasteiger partial charge in [-0.1, -0.05) is 0 Å². The Morgan fingerprint density at radius 2 is 1.97 bits per heavy atom. The van der Waals surface area contributed by atoms with Gasteiger partial charge in [-0.15, -0.1) is 0 Å². The Labute approximate surface area is 182 Å². The number of nitrogens with zero attached hydrogens (tertiary/aromatic N) is 2. The number of nitrogens with one attached hydrogen (secondary N) is 1. The highest BCUT2D eigenvalue weighted by Gasteiger charge is 2.38. The van der Waals surface area contributed by atoms with Crippen LogP contribution in [0.3, 0.4) is 0 Å². The molecule has 1 atom stereocenters. The normalized spacial score (nSPS) is 17.6. The SMILES string of the molecule is CCN1c2cc(C(=O)NCc3cc(OC)ccc3OC)ccc2C(=O)N2CCCCC21. The van der Waals surface area contributed by atoms with Crippen molar-refractivity contribution >= 4 is 17.5 Å². The molecule has 7 nitrogen and oxygen atoms in total. The van der Waals surface area contributed by atoms with Crippen molar-refractivity contribution in [3.63, 3.8) is 0 Å². The van der Waals surface area contributed by atoms with Gasteiger partial charge >= 0.3 is 0 Å². The smallest absolute Gasteiger partial charge is 0.257 e. The molecule has 2 aromatic rings. The molecule has 0 aromatic heterocycles. The van der Waals surface area contributed by atoms with Crippen LogP contribution in [0.2, 0.25) is 0 Å². The van der Waals surface area contributed by atoms with Gasteiger partial charge in [0.2, 0.25) is 0 Å². The van der Waals surface area contributed by atoms with Crippen LogP contribution in [-0.4, -0.2) is 50.2 Å². The van der Waals surface area contributed by atoms with Gasteiger partial charge in [0.05, 0.1) is 25.5 Å². The molecular weight excluding hydrogens is 394 g/mol. The van der Waals surface area contributed by atoms with Gasteiger partial charge in [0, 0.05) is 30.8 Å². The van der Waals surface area contributed by atoms with E-state index in [2.05, 4.69) is 17.1 Å². The number of fused-ring (bicyclic) bond motifs is 2. The Kier molecular flexibility index (Phi) is 6.02. The van der Waals surface area contributed by atoms with E-state index in [0.717, 1.165) is 43.6 Å². The lowest BCUT2D eigenvalue weighted by molar-refractivity contribution is 0.0582. The number of amides is 2. The second kappa shape index (κ2) is 8.88. The van der Waals surface area contributed by atoms with Crippen molar-refractivity contribution < 1.29 is 19.1 Å². The fourth-order valence-electron chi connectivity index (χ4n) is 4.56. The number of carbonyl (C=O) groups is 2. The van der Waals surface area contributed by atoms with Crippen molar-refractivity contribution in [2.45, 2.75) is 38.9 Å². The summed E-state index contributed by atoms with van der Waals surface area (Å²) in [6, 6.07) is 10.8. The zero-order valence-electron chi connectivity index (χ0n) is 18.3. The molecule has 2 amide bonds. The first-order valence-electron chi connectivity index (χ1n) is 10.8. The third-order valence-electron chi connectivity index (χ3n) is 6.16. The van der Waals surface area contributed by atoms with Crippen LogP contribution in [-0.2, 0) is 6.54 Å². The molecular formula is C24H29N3O4. The standard InChI is InChI=1S/C24H29N3O4/c1-4-26-20-14-16(8-10-19(20)24(29)27-12-6-5-7-22(26)27)23(28)25-15-17-13-18(30-2)9-11-21(17)31-3/h8-11,13-14,22H,4-7,12,15H2,1-3H3,(H,25,28). The average molecular weight is 424 g/mol. The number of rotatable bonds is 6. The highest BCUT2D eigenvalue weighted by molar-refractivity contribution is 6.04. The first-order valence-corrected chi connectivity index (χ1v) is 10.8. The fourth-order valence-corrected chi connectivity index (χ4v) is 4.56. The van der Waals surface area contributed by atoms with Crippen molar-refractivity contribution in [2.24, 2.45) is 0 Å². The molecule has 7 heteroatoms. The second-order valence-corrected chi connectivity index (χ2v) is 7.85. The van der Waals surface area contributed by atoms with E-state index in [0.29, 0.717) is 29.2 Å². The Hall–Kier alpha value is -3.22. The molecule has 0 bridgehead atoms. The minimum Gasteiger partial charge on any atom is -0.497 e. The molecule has 1 unspecified atom stereocenters. The van der Waals surface area contributed by atoms with E-state index in [1.807, 2.05) is 29.2 Å². The van der Waals surface area contributed by atoms with Gasteiger partial charge in [-0.2, -0.15) is 0 Å². The zero-order valence-corrected chi connectivity index (χ0v) is 18.3. The fraction of sp³-hybridized carbons (Fsp3) is 0.417. The maximum absolute atomic E-state index is 13.0. The number of benzene rings is 2. The summed E-state index contributed by atoms with van der Waals surface area (Å²) in [6.45, 7) is 3.98. The predicted octanol–water partition coefficient (Wildman–Crippen LogP) is 3.43. The van der Waals surface area contributed by atoms with Gasteiger partial charge in [0.25, 0.3) is 11.8 Å². The molecule has 0 saturated carbocycles. The minimum absolute atomic E-state index is 0.0671. The number of piperidine rings is 1. The molecule has 4 rings (SSSR count). The van der Waals surface area contributed by atoms with E-state index >= 15 is 0 Å². The summed E-state index contributed by atoms with van der Waals surface area (Å²) in [5.41, 5.74) is 2.89. The molecule has 2 aliphatic rings. The monoisotopic (exact) mass is 423 g/mol. The third-order valence-corrected chi connectivity index (χ3v) is 6.16. The second-order valence-electron chi connectivity index (χ2n) is 7.85. The Bertz CT molecular complexity index is 991. The van der Waals surface area contributed by atoms with Gasteiger partial charge in [-0.25, -0.2) is 0 Å². The van der Waals surface area contributed by atoms with Crippen LogP contribution in [0.15, 0.2) is 36.4 Å². The molecule has 0 aliphatic carbocycles. The minimum atomic E-state index is -0.192. The summed E-state index contributed by atoms with van der Waals surface area (Å²) in [7, 11) is 3.20. The first kappa shape index (κ1) is 21.0. The summed E-state index contributed by atoms with van der Waals surface area (Å²) >= 11 is 0. The highest BCUT2D eigenvalue weighted by atomic mass is 16.5. The number of ether oxygens (including phenoxy) is 2. The van der Waals surface area contributed by atoms with E-state index in [1.54, 1.807) is 26.4 Å². The molecule has 164 valence electrons. The Morgan fingerprint density at radius 3 is 2.71 bits per heavy atom. The molecule has 0 spiro atoms. The van der Waals surface area contributed by atoms with E-state index < -0.39 is 0 Å². The topological polar surface area (TPSA) is 71.1 Å². The third kappa shape index (κ3) is 3.92. The van der Waals surface area contributed by atoms with Gasteiger partial charge in [-0.3, -0.25) is 9.59 Å². The number of hydrogen-bond donors (Lipinski definition) is 1. The predicted molar refractivity (Wildman–Crippen MR) is 119 cm³/mol. The molecule has 31 heavy (non-hydrogen) atoms. The lowest BCUT2D eigenvalue weighted by Gasteiger charge is -2.47. The van der Waals surface area contributed by atoms with Crippen molar-refractivity contribution in [2.75, 3.05) is 32.2 Å². The quantitative estimate of drug-likeness (QED) is 0.771. The summed E-state index contributed by atoms with van der Waals surface area (Å²) < 4.78 is 10.7. The van der Waals surface area contributed by atoms with Crippen LogP contribution in [0.25, 0.3) is 0 Å². The van der Waals surface area contributed by atoms with Crippen molar-refractivity contribution in [1.82, 2.24) is 10.2 Å². The largest absolute Gasteiger partial charge is 0.497 e. The maximum Gasteiger partial charge on any atom is 0.257 e. The van der Waals surface area contributed by atoms with Gasteiger partial charge in [0.1, 0.15) is 17.7 Å². The average Bonchev–Trinajstić information content (AvgIpc) is 2.82. The molecule has 1 saturated heterocycles. The van der Waals surface area contributed by atoms with Crippen LogP contribution < -0.4 is 19.7 Å². The van der Waals surface area contributed by atoms with E-state index in [9.17, 15) is 9.59 Å². The van der Waals surface area contributed by atoms with Gasteiger partial charge in [-0.05, 0) is 62.6 Å². The maximum atomic E-state index is 13.0. The van der Waals surface area contributed by atoms with Crippen molar-refractivity contribution in [1.29, 1.82) is 0 Å². The summed E-state index contributed by atoms with van der Waals surface area (Å²) in [5.74, 6) is 1.26. The Morgan fingerprint density at radius 1 is 1.13 bits per heavy atom. The highest BCUT2D eigenvalue weighted by Crippen LogP contribution is 2.35. The zero-order chi connectivity index (χ0) is 22.0. The number of anilines is 1. The summed E-state index contributed by atoms with van der Waals surface area (Å²) in [6.07, 6.45) is 3.20. The lowest BCUT2D eigenvalue weighted by atomic mass is 9.97. The van der Waals surface area contributed by atoms with Gasteiger partial charge in [0.15, 0.2) is 0 Å². The molecule has 0 radical (unpaired) electrons. The molecule has 2 heterocycles.